The molecule has 1 fully saturated rings. The Balaban J connectivity index is 0.00000280. The van der Waals surface area contributed by atoms with E-state index in [1.165, 1.54) is 11.0 Å². The van der Waals surface area contributed by atoms with Crippen molar-refractivity contribution in [3.8, 4) is 0 Å². The van der Waals surface area contributed by atoms with Crippen LogP contribution in [0.2, 0.25) is 0 Å². The van der Waals surface area contributed by atoms with Gasteiger partial charge in [-0.05, 0) is 30.7 Å². The summed E-state index contributed by atoms with van der Waals surface area (Å²) in [4.78, 5) is 26.0. The van der Waals surface area contributed by atoms with Gasteiger partial charge in [-0.1, -0.05) is 23.8 Å². The van der Waals surface area contributed by atoms with Crippen LogP contribution in [0, 0.1) is 5.92 Å². The van der Waals surface area contributed by atoms with Crippen LogP contribution in [0.4, 0.5) is 13.2 Å². The van der Waals surface area contributed by atoms with E-state index >= 15 is 0 Å². The van der Waals surface area contributed by atoms with E-state index in [9.17, 15) is 22.8 Å². The molecule has 0 aliphatic carbocycles. The normalized spacial score (nSPS) is 19.8. The summed E-state index contributed by atoms with van der Waals surface area (Å²) in [6.07, 6.45) is -1.41. The van der Waals surface area contributed by atoms with Crippen LogP contribution in [-0.4, -0.2) is 42.9 Å². The number of hydrogen-bond acceptors (Lipinski definition) is 3. The second-order valence-electron chi connectivity index (χ2n) is 6.91. The van der Waals surface area contributed by atoms with E-state index in [0.717, 1.165) is 37.2 Å². The fourth-order valence-electron chi connectivity index (χ4n) is 3.34. The number of benzene rings is 1. The molecule has 0 saturated carbocycles. The first-order valence-corrected chi connectivity index (χ1v) is 8.93. The van der Waals surface area contributed by atoms with Crippen LogP contribution < -0.4 is 10.6 Å². The zero-order valence-electron chi connectivity index (χ0n) is 15.2. The molecular formula is C19H23ClF3N3O2. The van der Waals surface area contributed by atoms with Crippen molar-refractivity contribution in [1.29, 1.82) is 0 Å². The van der Waals surface area contributed by atoms with Crippen molar-refractivity contribution in [2.75, 3.05) is 26.2 Å². The average molecular weight is 418 g/mol. The first-order valence-electron chi connectivity index (χ1n) is 8.93. The lowest BCUT2D eigenvalue weighted by Crippen LogP contribution is -2.35. The third-order valence-electron chi connectivity index (χ3n) is 4.86. The van der Waals surface area contributed by atoms with E-state index in [1.807, 2.05) is 6.08 Å². The molecule has 2 amide bonds. The lowest BCUT2D eigenvalue weighted by molar-refractivity contribution is -0.137. The first kappa shape index (κ1) is 22.2. The molecule has 1 unspecified atom stereocenters. The van der Waals surface area contributed by atoms with Gasteiger partial charge < -0.3 is 15.5 Å². The van der Waals surface area contributed by atoms with Gasteiger partial charge in [-0.2, -0.15) is 13.2 Å². The highest BCUT2D eigenvalue weighted by Crippen LogP contribution is 2.30. The van der Waals surface area contributed by atoms with Gasteiger partial charge in [0.25, 0.3) is 0 Å². The maximum Gasteiger partial charge on any atom is 0.416 e. The van der Waals surface area contributed by atoms with Gasteiger partial charge in [0.1, 0.15) is 0 Å². The standard InChI is InChI=1S/C19H22F3N3O2.ClH/c20-19(21,22)16-3-1-2-14(8-16)11-25-12-15(9-17(25)26)18(27)24-10-13-4-6-23-7-5-13;/h1-4,8,15,23H,5-7,9-12H2,(H,24,27);1H. The number of alkyl halides is 3. The van der Waals surface area contributed by atoms with Crippen molar-refractivity contribution >= 4 is 24.2 Å². The zero-order chi connectivity index (χ0) is 19.4. The second kappa shape index (κ2) is 9.43. The Labute approximate surface area is 167 Å². The minimum absolute atomic E-state index is 0. The highest BCUT2D eigenvalue weighted by Gasteiger charge is 2.35. The van der Waals surface area contributed by atoms with Crippen LogP contribution in [0.25, 0.3) is 0 Å². The number of carbonyl (C=O) groups excluding carboxylic acids is 2. The minimum Gasteiger partial charge on any atom is -0.352 e. The lowest BCUT2D eigenvalue weighted by atomic mass is 10.1. The summed E-state index contributed by atoms with van der Waals surface area (Å²) >= 11 is 0. The molecule has 0 spiro atoms. The smallest absolute Gasteiger partial charge is 0.352 e. The van der Waals surface area contributed by atoms with Gasteiger partial charge in [0.15, 0.2) is 0 Å². The van der Waals surface area contributed by atoms with E-state index in [-0.39, 0.29) is 43.7 Å². The zero-order valence-corrected chi connectivity index (χ0v) is 16.0. The van der Waals surface area contributed by atoms with Crippen LogP contribution in [0.3, 0.4) is 0 Å². The van der Waals surface area contributed by atoms with E-state index in [2.05, 4.69) is 10.6 Å². The summed E-state index contributed by atoms with van der Waals surface area (Å²) < 4.78 is 38.5. The van der Waals surface area contributed by atoms with Gasteiger partial charge >= 0.3 is 6.18 Å². The first-order chi connectivity index (χ1) is 12.8. The van der Waals surface area contributed by atoms with Crippen molar-refractivity contribution in [3.63, 3.8) is 0 Å². The van der Waals surface area contributed by atoms with Gasteiger partial charge in [0, 0.05) is 32.6 Å². The molecule has 28 heavy (non-hydrogen) atoms. The van der Waals surface area contributed by atoms with Crippen molar-refractivity contribution in [1.82, 2.24) is 15.5 Å². The Morgan fingerprint density at radius 1 is 1.32 bits per heavy atom. The molecule has 154 valence electrons. The van der Waals surface area contributed by atoms with Gasteiger partial charge in [-0.25, -0.2) is 0 Å². The fourth-order valence-corrected chi connectivity index (χ4v) is 3.34. The van der Waals surface area contributed by atoms with Crippen LogP contribution in [0.1, 0.15) is 24.0 Å². The molecule has 9 heteroatoms. The minimum atomic E-state index is -4.42. The van der Waals surface area contributed by atoms with Gasteiger partial charge in [0.05, 0.1) is 11.5 Å². The van der Waals surface area contributed by atoms with Gasteiger partial charge in [-0.15, -0.1) is 12.4 Å². The molecule has 2 aliphatic rings. The van der Waals surface area contributed by atoms with E-state index in [4.69, 9.17) is 0 Å². The molecule has 0 bridgehead atoms. The molecule has 0 radical (unpaired) electrons. The molecule has 2 N–H and O–H groups in total. The van der Waals surface area contributed by atoms with E-state index in [1.54, 1.807) is 6.07 Å². The molecule has 1 aromatic rings. The lowest BCUT2D eigenvalue weighted by Gasteiger charge is -2.18. The van der Waals surface area contributed by atoms with Crippen molar-refractivity contribution in [3.05, 3.63) is 47.0 Å². The molecule has 3 rings (SSSR count). The van der Waals surface area contributed by atoms with Crippen LogP contribution >= 0.6 is 12.4 Å². The molecule has 2 heterocycles. The van der Waals surface area contributed by atoms with E-state index in [0.29, 0.717) is 12.1 Å². The highest BCUT2D eigenvalue weighted by atomic mass is 35.5. The van der Waals surface area contributed by atoms with Crippen LogP contribution in [-0.2, 0) is 22.3 Å². The molecule has 0 aromatic heterocycles. The number of nitrogens with one attached hydrogen (secondary N) is 2. The molecule has 5 nitrogen and oxygen atoms in total. The molecule has 1 saturated heterocycles. The predicted octanol–water partition coefficient (Wildman–Crippen LogP) is 2.51. The Morgan fingerprint density at radius 3 is 2.79 bits per heavy atom. The Bertz CT molecular complexity index is 752. The summed E-state index contributed by atoms with van der Waals surface area (Å²) in [5.41, 5.74) is 0.822. The maximum atomic E-state index is 12.8. The van der Waals surface area contributed by atoms with Crippen molar-refractivity contribution in [2.45, 2.75) is 25.6 Å². The maximum absolute atomic E-state index is 12.8. The predicted molar refractivity (Wildman–Crippen MR) is 101 cm³/mol. The Morgan fingerprint density at radius 2 is 2.11 bits per heavy atom. The monoisotopic (exact) mass is 417 g/mol. The highest BCUT2D eigenvalue weighted by molar-refractivity contribution is 5.89. The Kier molecular flexibility index (Phi) is 7.48. The number of likely N-dealkylation sites (tertiary alicyclic amines) is 1. The summed E-state index contributed by atoms with van der Waals surface area (Å²) in [5, 5.41) is 6.06. The van der Waals surface area contributed by atoms with Crippen molar-refractivity contribution < 1.29 is 22.8 Å². The third kappa shape index (κ3) is 5.72. The number of halogens is 4. The molecule has 2 aliphatic heterocycles. The summed E-state index contributed by atoms with van der Waals surface area (Å²) in [5.74, 6) is -0.867. The summed E-state index contributed by atoms with van der Waals surface area (Å²) in [6, 6.07) is 4.93. The fraction of sp³-hybridized carbons (Fsp3) is 0.474. The van der Waals surface area contributed by atoms with E-state index < -0.39 is 17.7 Å². The third-order valence-corrected chi connectivity index (χ3v) is 4.86. The van der Waals surface area contributed by atoms with Gasteiger partial charge in [-0.3, -0.25) is 9.59 Å². The number of rotatable bonds is 5. The second-order valence-corrected chi connectivity index (χ2v) is 6.91. The topological polar surface area (TPSA) is 61.4 Å². The molecule has 1 aromatic carbocycles. The number of amides is 2. The van der Waals surface area contributed by atoms with Crippen LogP contribution in [0.5, 0.6) is 0 Å². The van der Waals surface area contributed by atoms with Crippen molar-refractivity contribution in [2.24, 2.45) is 5.92 Å². The molecule has 1 atom stereocenters. The number of hydrogen-bond donors (Lipinski definition) is 2. The number of nitrogens with zero attached hydrogens (tertiary/aromatic N) is 1. The Hall–Kier alpha value is -2.06. The van der Waals surface area contributed by atoms with Crippen LogP contribution in [0.15, 0.2) is 35.9 Å². The quantitative estimate of drug-likeness (QED) is 0.724. The largest absolute Gasteiger partial charge is 0.416 e. The average Bonchev–Trinajstić information content (AvgIpc) is 3.01. The summed E-state index contributed by atoms with van der Waals surface area (Å²) in [6.45, 7) is 2.44. The van der Waals surface area contributed by atoms with Gasteiger partial charge in [0.2, 0.25) is 11.8 Å². The molecular weight excluding hydrogens is 395 g/mol. The number of carbonyl (C=O) groups is 2. The SMILES string of the molecule is Cl.O=C(NCC1=CCNCC1)C1CC(=O)N(Cc2cccc(C(F)(F)F)c2)C1. The summed E-state index contributed by atoms with van der Waals surface area (Å²) in [7, 11) is 0.